The van der Waals surface area contributed by atoms with Gasteiger partial charge in [0.15, 0.2) is 11.5 Å². The van der Waals surface area contributed by atoms with Crippen molar-refractivity contribution in [2.45, 2.75) is 20.1 Å². The Bertz CT molecular complexity index is 1470. The number of hydrogen-bond acceptors (Lipinski definition) is 5. The Morgan fingerprint density at radius 1 is 0.816 bits per heavy atom. The molecule has 0 bridgehead atoms. The van der Waals surface area contributed by atoms with Crippen LogP contribution in [0.15, 0.2) is 103 Å². The number of aryl methyl sites for hydroxylation is 1. The fourth-order valence-corrected chi connectivity index (χ4v) is 3.77. The van der Waals surface area contributed by atoms with E-state index in [-0.39, 0.29) is 12.2 Å². The molecule has 0 unspecified atom stereocenters. The molecule has 0 atom stereocenters. The summed E-state index contributed by atoms with van der Waals surface area (Å²) in [5.41, 5.74) is 4.19. The highest BCUT2D eigenvalue weighted by molar-refractivity contribution is 6.09. The molecule has 6 heteroatoms. The number of para-hydroxylation sites is 1. The molecule has 0 saturated carbocycles. The second-order valence-corrected chi connectivity index (χ2v) is 8.58. The van der Waals surface area contributed by atoms with Crippen LogP contribution in [0, 0.1) is 18.3 Å². The van der Waals surface area contributed by atoms with Crippen molar-refractivity contribution >= 4 is 17.7 Å². The number of methoxy groups -OCH3 is 1. The van der Waals surface area contributed by atoms with E-state index in [4.69, 9.17) is 14.2 Å². The normalized spacial score (nSPS) is 10.8. The number of ether oxygens (including phenoxy) is 3. The number of carbonyl (C=O) groups excluding carboxylic acids is 1. The van der Waals surface area contributed by atoms with E-state index >= 15 is 0 Å². The highest BCUT2D eigenvalue weighted by Crippen LogP contribution is 2.30. The number of nitrogens with one attached hydrogen (secondary N) is 1. The first-order chi connectivity index (χ1) is 18.6. The average molecular weight is 505 g/mol. The summed E-state index contributed by atoms with van der Waals surface area (Å²) < 4.78 is 17.5. The van der Waals surface area contributed by atoms with Gasteiger partial charge in [0.1, 0.15) is 30.6 Å². The standard InChI is InChI=1S/C32H28N2O4/c1-23-9-8-13-28(17-23)34-32(35)27(20-33)19-26-12-6-7-14-29(26)37-22-25-15-16-30(31(18-25)36-2)38-21-24-10-4-3-5-11-24/h3-19H,21-22H2,1-2H3,(H,34,35)/b27-19+. The van der Waals surface area contributed by atoms with E-state index in [1.54, 1.807) is 25.3 Å². The fourth-order valence-electron chi connectivity index (χ4n) is 3.77. The van der Waals surface area contributed by atoms with Crippen molar-refractivity contribution in [3.63, 3.8) is 0 Å². The van der Waals surface area contributed by atoms with Crippen LogP contribution in [0.5, 0.6) is 17.2 Å². The monoisotopic (exact) mass is 504 g/mol. The summed E-state index contributed by atoms with van der Waals surface area (Å²) in [6.45, 7) is 2.63. The molecule has 4 aromatic rings. The zero-order valence-electron chi connectivity index (χ0n) is 21.3. The number of carbonyl (C=O) groups is 1. The molecule has 6 nitrogen and oxygen atoms in total. The van der Waals surface area contributed by atoms with Crippen LogP contribution in [-0.2, 0) is 18.0 Å². The molecule has 1 N–H and O–H groups in total. The van der Waals surface area contributed by atoms with E-state index in [1.807, 2.05) is 91.9 Å². The van der Waals surface area contributed by atoms with Crippen LogP contribution < -0.4 is 19.5 Å². The number of nitriles is 1. The summed E-state index contributed by atoms with van der Waals surface area (Å²) in [5, 5.41) is 12.4. The largest absolute Gasteiger partial charge is 0.493 e. The van der Waals surface area contributed by atoms with Crippen LogP contribution in [0.2, 0.25) is 0 Å². The molecule has 0 spiro atoms. The number of amides is 1. The van der Waals surface area contributed by atoms with E-state index < -0.39 is 5.91 Å². The number of rotatable bonds is 10. The van der Waals surface area contributed by atoms with Gasteiger partial charge in [-0.2, -0.15) is 5.26 Å². The summed E-state index contributed by atoms with van der Waals surface area (Å²) in [5.74, 6) is 1.31. The van der Waals surface area contributed by atoms with Crippen molar-refractivity contribution in [3.8, 4) is 23.3 Å². The van der Waals surface area contributed by atoms with E-state index in [1.165, 1.54) is 6.08 Å². The van der Waals surface area contributed by atoms with Gasteiger partial charge >= 0.3 is 0 Å². The Labute approximate surface area is 222 Å². The predicted molar refractivity (Wildman–Crippen MR) is 148 cm³/mol. The Balaban J connectivity index is 1.45. The lowest BCUT2D eigenvalue weighted by Crippen LogP contribution is -2.13. The highest BCUT2D eigenvalue weighted by Gasteiger charge is 2.12. The number of hydrogen-bond donors (Lipinski definition) is 1. The Hall–Kier alpha value is -5.02. The molecular formula is C32H28N2O4. The molecule has 4 rings (SSSR count). The van der Waals surface area contributed by atoms with Crippen molar-refractivity contribution < 1.29 is 19.0 Å². The lowest BCUT2D eigenvalue weighted by atomic mass is 10.1. The van der Waals surface area contributed by atoms with E-state index in [0.29, 0.717) is 35.1 Å². The van der Waals surface area contributed by atoms with Crippen molar-refractivity contribution in [2.24, 2.45) is 0 Å². The van der Waals surface area contributed by atoms with Gasteiger partial charge in [0.25, 0.3) is 5.91 Å². The first-order valence-electron chi connectivity index (χ1n) is 12.1. The first kappa shape index (κ1) is 26.1. The second-order valence-electron chi connectivity index (χ2n) is 8.58. The third-order valence-electron chi connectivity index (χ3n) is 5.72. The summed E-state index contributed by atoms with van der Waals surface area (Å²) in [7, 11) is 1.60. The Morgan fingerprint density at radius 2 is 1.55 bits per heavy atom. The van der Waals surface area contributed by atoms with E-state index in [2.05, 4.69) is 5.32 Å². The Kier molecular flexibility index (Phi) is 8.77. The van der Waals surface area contributed by atoms with E-state index in [9.17, 15) is 10.1 Å². The van der Waals surface area contributed by atoms with Crippen LogP contribution >= 0.6 is 0 Å². The van der Waals surface area contributed by atoms with Crippen LogP contribution in [0.25, 0.3) is 6.08 Å². The molecular weight excluding hydrogens is 476 g/mol. The number of benzene rings is 4. The zero-order chi connectivity index (χ0) is 26.7. The minimum absolute atomic E-state index is 0.0239. The zero-order valence-corrected chi connectivity index (χ0v) is 21.3. The van der Waals surface area contributed by atoms with Crippen molar-refractivity contribution in [1.29, 1.82) is 5.26 Å². The lowest BCUT2D eigenvalue weighted by molar-refractivity contribution is -0.112. The summed E-state index contributed by atoms with van der Waals surface area (Å²) in [6, 6.07) is 32.2. The SMILES string of the molecule is COc1cc(COc2ccccc2/C=C(\C#N)C(=O)Nc2cccc(C)c2)ccc1OCc1ccccc1. The van der Waals surface area contributed by atoms with Gasteiger partial charge in [-0.05, 0) is 60.0 Å². The maximum absolute atomic E-state index is 12.7. The van der Waals surface area contributed by atoms with Crippen LogP contribution in [-0.4, -0.2) is 13.0 Å². The maximum Gasteiger partial charge on any atom is 0.266 e. The minimum Gasteiger partial charge on any atom is -0.493 e. The topological polar surface area (TPSA) is 80.6 Å². The van der Waals surface area contributed by atoms with Gasteiger partial charge in [0, 0.05) is 11.3 Å². The maximum atomic E-state index is 12.7. The predicted octanol–water partition coefficient (Wildman–Crippen LogP) is 6.71. The fraction of sp³-hybridized carbons (Fsp3) is 0.125. The lowest BCUT2D eigenvalue weighted by Gasteiger charge is -2.14. The molecule has 0 fully saturated rings. The van der Waals surface area contributed by atoms with Crippen LogP contribution in [0.1, 0.15) is 22.3 Å². The first-order valence-corrected chi connectivity index (χ1v) is 12.1. The third-order valence-corrected chi connectivity index (χ3v) is 5.72. The average Bonchev–Trinajstić information content (AvgIpc) is 2.94. The molecule has 38 heavy (non-hydrogen) atoms. The van der Waals surface area contributed by atoms with Crippen molar-refractivity contribution in [2.75, 3.05) is 12.4 Å². The van der Waals surface area contributed by atoms with Gasteiger partial charge < -0.3 is 19.5 Å². The molecule has 0 aliphatic heterocycles. The molecule has 0 aliphatic carbocycles. The molecule has 0 saturated heterocycles. The number of anilines is 1. The summed E-state index contributed by atoms with van der Waals surface area (Å²) in [4.78, 5) is 12.7. The van der Waals surface area contributed by atoms with Gasteiger partial charge in [-0.1, -0.05) is 66.7 Å². The molecule has 4 aromatic carbocycles. The van der Waals surface area contributed by atoms with Gasteiger partial charge in [0.2, 0.25) is 0 Å². The summed E-state index contributed by atoms with van der Waals surface area (Å²) >= 11 is 0. The van der Waals surface area contributed by atoms with E-state index in [0.717, 1.165) is 16.7 Å². The molecule has 190 valence electrons. The Morgan fingerprint density at radius 3 is 2.32 bits per heavy atom. The third kappa shape index (κ3) is 7.02. The van der Waals surface area contributed by atoms with Gasteiger partial charge in [0.05, 0.1) is 7.11 Å². The molecule has 0 heterocycles. The molecule has 0 radical (unpaired) electrons. The van der Waals surface area contributed by atoms with Crippen molar-refractivity contribution in [3.05, 3.63) is 125 Å². The molecule has 0 aliphatic rings. The van der Waals surface area contributed by atoms with Crippen LogP contribution in [0.4, 0.5) is 5.69 Å². The number of nitrogens with zero attached hydrogens (tertiary/aromatic N) is 1. The smallest absolute Gasteiger partial charge is 0.266 e. The van der Waals surface area contributed by atoms with Gasteiger partial charge in [-0.3, -0.25) is 4.79 Å². The molecule has 1 amide bonds. The second kappa shape index (κ2) is 12.8. The highest BCUT2D eigenvalue weighted by atomic mass is 16.5. The van der Waals surface area contributed by atoms with Crippen LogP contribution in [0.3, 0.4) is 0 Å². The summed E-state index contributed by atoms with van der Waals surface area (Å²) in [6.07, 6.45) is 1.53. The van der Waals surface area contributed by atoms with Gasteiger partial charge in [-0.15, -0.1) is 0 Å². The quantitative estimate of drug-likeness (QED) is 0.192. The minimum atomic E-state index is -0.483. The van der Waals surface area contributed by atoms with Crippen molar-refractivity contribution in [1.82, 2.24) is 0 Å². The van der Waals surface area contributed by atoms with Gasteiger partial charge in [-0.25, -0.2) is 0 Å². The molecule has 0 aromatic heterocycles.